The lowest BCUT2D eigenvalue weighted by Crippen LogP contribution is -2.48. The summed E-state index contributed by atoms with van der Waals surface area (Å²) in [4.78, 5) is 23.3. The molecule has 0 bridgehead atoms. The van der Waals surface area contributed by atoms with Gasteiger partial charge in [0.1, 0.15) is 11.9 Å². The minimum Gasteiger partial charge on any atom is -0.351 e. The summed E-state index contributed by atoms with van der Waals surface area (Å²) in [6.07, 6.45) is -4.56. The van der Waals surface area contributed by atoms with Crippen LogP contribution in [0.25, 0.3) is 11.3 Å². The number of carbonyl (C=O) groups excluding carboxylic acids is 1. The molecule has 3 aromatic rings. The zero-order chi connectivity index (χ0) is 28.1. The molecule has 15 heteroatoms. The van der Waals surface area contributed by atoms with Crippen molar-refractivity contribution < 1.29 is 39.6 Å². The molecule has 0 spiro atoms. The Labute approximate surface area is 218 Å². The van der Waals surface area contributed by atoms with Crippen LogP contribution in [-0.4, -0.2) is 46.2 Å². The normalized spacial score (nSPS) is 21.2. The molecule has 3 heterocycles. The number of benzene rings is 1. The van der Waals surface area contributed by atoms with Gasteiger partial charge in [0, 0.05) is 42.8 Å². The second-order valence-electron chi connectivity index (χ2n) is 9.21. The van der Waals surface area contributed by atoms with E-state index in [9.17, 15) is 39.6 Å². The minimum absolute atomic E-state index is 0.000936. The number of fused-ring (bicyclic) bond motifs is 1. The van der Waals surface area contributed by atoms with Gasteiger partial charge in [0.2, 0.25) is 21.8 Å². The third-order valence-electron chi connectivity index (χ3n) is 6.71. The summed E-state index contributed by atoms with van der Waals surface area (Å²) in [5, 5.41) is 2.52. The Morgan fingerprint density at radius 3 is 2.36 bits per heavy atom. The van der Waals surface area contributed by atoms with Crippen molar-refractivity contribution in [3.8, 4) is 11.3 Å². The third-order valence-corrected chi connectivity index (χ3v) is 8.57. The lowest BCUT2D eigenvalue weighted by molar-refractivity contribution is -0.145. The van der Waals surface area contributed by atoms with Crippen LogP contribution in [-0.2, 0) is 27.5 Å². The SMILES string of the molecule is O=C(NCc1cc(-c2cnc(C(F)(F)F)nc2)ncc1C(F)F)[C@@H]1[C@H]2C[C@H]2CN1S(=O)(=O)c1ccc(F)cc1. The number of halogens is 6. The van der Waals surface area contributed by atoms with Crippen LogP contribution in [0.1, 0.15) is 29.8 Å². The van der Waals surface area contributed by atoms with E-state index in [-0.39, 0.29) is 40.1 Å². The minimum atomic E-state index is -4.76. The molecule has 0 radical (unpaired) electrons. The largest absolute Gasteiger partial charge is 0.451 e. The maximum absolute atomic E-state index is 13.7. The van der Waals surface area contributed by atoms with Crippen LogP contribution in [0.3, 0.4) is 0 Å². The number of pyridine rings is 1. The van der Waals surface area contributed by atoms with Gasteiger partial charge in [0.05, 0.1) is 10.6 Å². The van der Waals surface area contributed by atoms with E-state index in [0.29, 0.717) is 6.42 Å². The summed E-state index contributed by atoms with van der Waals surface area (Å²) >= 11 is 0. The molecule has 2 aliphatic rings. The van der Waals surface area contributed by atoms with Gasteiger partial charge in [0.15, 0.2) is 0 Å². The molecule has 0 unspecified atom stereocenters. The summed E-state index contributed by atoms with van der Waals surface area (Å²) in [6.45, 7) is -0.327. The molecule has 8 nitrogen and oxygen atoms in total. The molecule has 1 saturated heterocycles. The first-order valence-electron chi connectivity index (χ1n) is 11.6. The van der Waals surface area contributed by atoms with Gasteiger partial charge in [-0.15, -0.1) is 0 Å². The monoisotopic (exact) mass is 571 g/mol. The van der Waals surface area contributed by atoms with Crippen molar-refractivity contribution in [3.63, 3.8) is 0 Å². The van der Waals surface area contributed by atoms with Crippen LogP contribution in [0.15, 0.2) is 53.8 Å². The number of nitrogens with zero attached hydrogens (tertiary/aromatic N) is 4. The van der Waals surface area contributed by atoms with E-state index < -0.39 is 58.3 Å². The first-order chi connectivity index (χ1) is 18.4. The Hall–Kier alpha value is -3.59. The van der Waals surface area contributed by atoms with Crippen LogP contribution < -0.4 is 5.32 Å². The topological polar surface area (TPSA) is 105 Å². The van der Waals surface area contributed by atoms with Crippen molar-refractivity contribution in [3.05, 3.63) is 71.7 Å². The number of piperidine rings is 1. The number of amides is 1. The molecule has 2 aromatic heterocycles. The average molecular weight is 572 g/mol. The van der Waals surface area contributed by atoms with E-state index in [0.717, 1.165) is 47.2 Å². The van der Waals surface area contributed by atoms with Crippen molar-refractivity contribution in [2.45, 2.75) is 36.5 Å². The Kier molecular flexibility index (Phi) is 6.83. The van der Waals surface area contributed by atoms with E-state index in [1.54, 1.807) is 0 Å². The second kappa shape index (κ2) is 9.86. The maximum Gasteiger partial charge on any atom is 0.451 e. The van der Waals surface area contributed by atoms with Gasteiger partial charge in [-0.1, -0.05) is 0 Å². The number of nitrogens with one attached hydrogen (secondary N) is 1. The molecule has 1 aliphatic heterocycles. The fourth-order valence-electron chi connectivity index (χ4n) is 4.65. The van der Waals surface area contributed by atoms with Crippen LogP contribution in [0.4, 0.5) is 26.3 Å². The summed E-state index contributed by atoms with van der Waals surface area (Å²) in [5.41, 5.74) is -0.550. The molecule has 1 aliphatic carbocycles. The van der Waals surface area contributed by atoms with E-state index in [1.807, 2.05) is 0 Å². The fourth-order valence-corrected chi connectivity index (χ4v) is 6.34. The quantitative estimate of drug-likeness (QED) is 0.431. The van der Waals surface area contributed by atoms with Crippen molar-refractivity contribution in [2.75, 3.05) is 6.54 Å². The lowest BCUT2D eigenvalue weighted by atomic mass is 10.1. The summed E-state index contributed by atoms with van der Waals surface area (Å²) in [7, 11) is -4.13. The van der Waals surface area contributed by atoms with Gasteiger partial charge in [-0.2, -0.15) is 17.5 Å². The first kappa shape index (κ1) is 27.0. The molecular weight excluding hydrogens is 552 g/mol. The van der Waals surface area contributed by atoms with E-state index in [2.05, 4.69) is 20.3 Å². The van der Waals surface area contributed by atoms with Gasteiger partial charge < -0.3 is 5.32 Å². The summed E-state index contributed by atoms with van der Waals surface area (Å²) in [5.74, 6) is -2.96. The maximum atomic E-state index is 13.7. The molecular formula is C24H19F6N5O3S. The van der Waals surface area contributed by atoms with Crippen molar-refractivity contribution in [1.29, 1.82) is 0 Å². The third kappa shape index (κ3) is 5.32. The van der Waals surface area contributed by atoms with Gasteiger partial charge >= 0.3 is 6.18 Å². The highest BCUT2D eigenvalue weighted by Gasteiger charge is 2.58. The lowest BCUT2D eigenvalue weighted by Gasteiger charge is -2.26. The number of hydrogen-bond donors (Lipinski definition) is 1. The zero-order valence-electron chi connectivity index (χ0n) is 19.7. The molecule has 206 valence electrons. The van der Waals surface area contributed by atoms with E-state index >= 15 is 0 Å². The predicted octanol–water partition coefficient (Wildman–Crippen LogP) is 3.96. The number of carbonyl (C=O) groups is 1. The van der Waals surface area contributed by atoms with Crippen molar-refractivity contribution in [2.24, 2.45) is 11.8 Å². The highest BCUT2D eigenvalue weighted by Crippen LogP contribution is 2.51. The predicted molar refractivity (Wildman–Crippen MR) is 123 cm³/mol. The van der Waals surface area contributed by atoms with Gasteiger partial charge in [-0.25, -0.2) is 31.6 Å². The summed E-state index contributed by atoms with van der Waals surface area (Å²) in [6, 6.07) is 4.28. The molecule has 1 amide bonds. The highest BCUT2D eigenvalue weighted by molar-refractivity contribution is 7.89. The van der Waals surface area contributed by atoms with Gasteiger partial charge in [0.25, 0.3) is 6.43 Å². The molecule has 5 rings (SSSR count). The second-order valence-corrected chi connectivity index (χ2v) is 11.1. The van der Waals surface area contributed by atoms with Gasteiger partial charge in [-0.3, -0.25) is 9.78 Å². The molecule has 3 atom stereocenters. The molecule has 1 aromatic carbocycles. The van der Waals surface area contributed by atoms with Crippen molar-refractivity contribution >= 4 is 15.9 Å². The van der Waals surface area contributed by atoms with Crippen LogP contribution in [0.5, 0.6) is 0 Å². The average Bonchev–Trinajstić information content (AvgIpc) is 3.55. The molecule has 39 heavy (non-hydrogen) atoms. The Morgan fingerprint density at radius 2 is 1.74 bits per heavy atom. The first-order valence-corrected chi connectivity index (χ1v) is 13.0. The highest BCUT2D eigenvalue weighted by atomic mass is 32.2. The molecule has 1 saturated carbocycles. The standard InChI is InChI=1S/C24H19F6N5O3S/c25-15-1-3-16(4-2-15)39(37,38)35-11-13-5-17(13)20(35)22(36)32-7-12-6-19(31-10-18(12)21(26)27)14-8-33-23(34-9-14)24(28,29)30/h1-4,6,8-10,13,17,20-21H,5,7,11H2,(H,32,36)/t13-,17-,20-/m0/s1. The summed E-state index contributed by atoms with van der Waals surface area (Å²) < 4.78 is 106. The Morgan fingerprint density at radius 1 is 1.08 bits per heavy atom. The number of rotatable bonds is 7. The van der Waals surface area contributed by atoms with E-state index in [4.69, 9.17) is 0 Å². The zero-order valence-corrected chi connectivity index (χ0v) is 20.6. The number of hydrogen-bond acceptors (Lipinski definition) is 6. The molecule has 1 N–H and O–H groups in total. The Balaban J connectivity index is 1.36. The van der Waals surface area contributed by atoms with Crippen LogP contribution in [0.2, 0.25) is 0 Å². The smallest absolute Gasteiger partial charge is 0.351 e. The number of aromatic nitrogens is 3. The Bertz CT molecular complexity index is 1500. The van der Waals surface area contributed by atoms with E-state index in [1.165, 1.54) is 6.07 Å². The van der Waals surface area contributed by atoms with Crippen LogP contribution >= 0.6 is 0 Å². The van der Waals surface area contributed by atoms with Crippen LogP contribution in [0, 0.1) is 17.7 Å². The van der Waals surface area contributed by atoms with Gasteiger partial charge in [-0.05, 0) is 54.2 Å². The van der Waals surface area contributed by atoms with Crippen molar-refractivity contribution in [1.82, 2.24) is 24.6 Å². The number of sulfonamides is 1. The number of alkyl halides is 5. The fraction of sp³-hybridized carbons (Fsp3) is 0.333. The molecule has 2 fully saturated rings.